The van der Waals surface area contributed by atoms with Crippen molar-refractivity contribution in [1.29, 1.82) is 0 Å². The molecule has 0 radical (unpaired) electrons. The number of benzene rings is 1. The van der Waals surface area contributed by atoms with Crippen molar-refractivity contribution in [3.05, 3.63) is 24.3 Å². The van der Waals surface area contributed by atoms with Crippen LogP contribution in [-0.2, 0) is 4.79 Å². The molecule has 0 spiro atoms. The molecule has 0 fully saturated rings. The maximum absolute atomic E-state index is 11.5. The molecule has 2 rings (SSSR count). The van der Waals surface area contributed by atoms with Gasteiger partial charge in [0.2, 0.25) is 11.7 Å². The van der Waals surface area contributed by atoms with Crippen LogP contribution in [0.5, 0.6) is 5.75 Å². The Bertz CT molecular complexity index is 597. The number of aromatic nitrogens is 2. The Morgan fingerprint density at radius 3 is 3.05 bits per heavy atom. The zero-order valence-electron chi connectivity index (χ0n) is 12.0. The molecule has 0 saturated heterocycles. The number of anilines is 1. The summed E-state index contributed by atoms with van der Waals surface area (Å²) in [6, 6.07) is 7.55. The second kappa shape index (κ2) is 7.28. The topological polar surface area (TPSA) is 89.3 Å². The molecule has 0 aliphatic heterocycles. The summed E-state index contributed by atoms with van der Waals surface area (Å²) in [5, 5.41) is 9.40. The average molecular weight is 290 g/mol. The Hall–Kier alpha value is -2.57. The van der Waals surface area contributed by atoms with Crippen molar-refractivity contribution in [1.82, 2.24) is 15.5 Å². The maximum atomic E-state index is 11.5. The first-order chi connectivity index (χ1) is 10.2. The van der Waals surface area contributed by atoms with Gasteiger partial charge in [0.1, 0.15) is 5.75 Å². The molecular weight excluding hydrogens is 272 g/mol. The van der Waals surface area contributed by atoms with E-state index in [-0.39, 0.29) is 18.5 Å². The van der Waals surface area contributed by atoms with E-state index in [1.54, 1.807) is 7.11 Å². The van der Waals surface area contributed by atoms with Gasteiger partial charge in [-0.15, -0.1) is 0 Å². The summed E-state index contributed by atoms with van der Waals surface area (Å²) >= 11 is 0. The third-order valence-corrected chi connectivity index (χ3v) is 2.73. The SMILES string of the molecule is CCCNC(=O)CNc1nc(-c2cccc(OC)c2)no1. The fraction of sp³-hybridized carbons (Fsp3) is 0.357. The highest BCUT2D eigenvalue weighted by molar-refractivity contribution is 5.80. The molecule has 0 atom stereocenters. The highest BCUT2D eigenvalue weighted by Gasteiger charge is 2.10. The number of nitrogens with zero attached hydrogens (tertiary/aromatic N) is 2. The minimum absolute atomic E-state index is 0.0970. The number of nitrogens with one attached hydrogen (secondary N) is 2. The van der Waals surface area contributed by atoms with E-state index in [9.17, 15) is 4.79 Å². The zero-order chi connectivity index (χ0) is 15.1. The molecule has 1 heterocycles. The summed E-state index contributed by atoms with van der Waals surface area (Å²) in [6.07, 6.45) is 0.895. The van der Waals surface area contributed by atoms with Gasteiger partial charge in [-0.25, -0.2) is 0 Å². The van der Waals surface area contributed by atoms with Gasteiger partial charge in [0.15, 0.2) is 0 Å². The second-order valence-corrected chi connectivity index (χ2v) is 4.36. The van der Waals surface area contributed by atoms with Crippen molar-refractivity contribution in [3.8, 4) is 17.1 Å². The van der Waals surface area contributed by atoms with E-state index < -0.39 is 0 Å². The lowest BCUT2D eigenvalue weighted by molar-refractivity contribution is -0.119. The lowest BCUT2D eigenvalue weighted by Crippen LogP contribution is -2.30. The first kappa shape index (κ1) is 14.8. The normalized spacial score (nSPS) is 10.2. The van der Waals surface area contributed by atoms with Crippen LogP contribution in [0.4, 0.5) is 6.01 Å². The molecule has 21 heavy (non-hydrogen) atoms. The predicted molar refractivity (Wildman–Crippen MR) is 78.1 cm³/mol. The molecule has 0 unspecified atom stereocenters. The van der Waals surface area contributed by atoms with E-state index in [4.69, 9.17) is 9.26 Å². The van der Waals surface area contributed by atoms with Crippen LogP contribution in [0.25, 0.3) is 11.4 Å². The summed E-state index contributed by atoms with van der Waals surface area (Å²) < 4.78 is 10.2. The van der Waals surface area contributed by atoms with Gasteiger partial charge in [0.25, 0.3) is 0 Å². The van der Waals surface area contributed by atoms with Crippen LogP contribution in [0.2, 0.25) is 0 Å². The minimum atomic E-state index is -0.113. The van der Waals surface area contributed by atoms with E-state index in [1.165, 1.54) is 0 Å². The Morgan fingerprint density at radius 1 is 1.43 bits per heavy atom. The molecule has 7 nitrogen and oxygen atoms in total. The maximum Gasteiger partial charge on any atom is 0.322 e. The highest BCUT2D eigenvalue weighted by atomic mass is 16.5. The Kier molecular flexibility index (Phi) is 5.14. The standard InChI is InChI=1S/C14H18N4O3/c1-3-7-15-12(19)9-16-14-17-13(18-21-14)10-5-4-6-11(8-10)20-2/h4-6,8H,3,7,9H2,1-2H3,(H,15,19)(H,16,17,18). The molecule has 0 saturated carbocycles. The smallest absolute Gasteiger partial charge is 0.322 e. The lowest BCUT2D eigenvalue weighted by atomic mass is 10.2. The summed E-state index contributed by atoms with van der Waals surface area (Å²) in [4.78, 5) is 15.6. The van der Waals surface area contributed by atoms with Crippen molar-refractivity contribution in [2.24, 2.45) is 0 Å². The Morgan fingerprint density at radius 2 is 2.29 bits per heavy atom. The first-order valence-electron chi connectivity index (χ1n) is 6.71. The van der Waals surface area contributed by atoms with E-state index in [0.29, 0.717) is 18.1 Å². The van der Waals surface area contributed by atoms with Gasteiger partial charge < -0.3 is 19.9 Å². The molecule has 2 aromatic rings. The molecule has 0 aliphatic rings. The van der Waals surface area contributed by atoms with Gasteiger partial charge in [0, 0.05) is 12.1 Å². The minimum Gasteiger partial charge on any atom is -0.497 e. The number of hydrogen-bond acceptors (Lipinski definition) is 6. The predicted octanol–water partition coefficient (Wildman–Crippen LogP) is 1.68. The van der Waals surface area contributed by atoms with E-state index in [2.05, 4.69) is 20.8 Å². The number of ether oxygens (including phenoxy) is 1. The van der Waals surface area contributed by atoms with Gasteiger partial charge >= 0.3 is 6.01 Å². The number of carbonyl (C=O) groups is 1. The Balaban J connectivity index is 1.96. The second-order valence-electron chi connectivity index (χ2n) is 4.36. The van der Waals surface area contributed by atoms with Gasteiger partial charge in [-0.1, -0.05) is 24.2 Å². The fourth-order valence-corrected chi connectivity index (χ4v) is 1.66. The third-order valence-electron chi connectivity index (χ3n) is 2.73. The van der Waals surface area contributed by atoms with Crippen LogP contribution in [0.15, 0.2) is 28.8 Å². The van der Waals surface area contributed by atoms with Crippen LogP contribution in [-0.4, -0.2) is 36.2 Å². The van der Waals surface area contributed by atoms with Gasteiger partial charge in [-0.3, -0.25) is 4.79 Å². The number of rotatable bonds is 7. The van der Waals surface area contributed by atoms with Crippen molar-refractivity contribution >= 4 is 11.9 Å². The van der Waals surface area contributed by atoms with Crippen LogP contribution in [0.1, 0.15) is 13.3 Å². The molecule has 7 heteroatoms. The fourth-order valence-electron chi connectivity index (χ4n) is 1.66. The van der Waals surface area contributed by atoms with Crippen LogP contribution in [0.3, 0.4) is 0 Å². The molecule has 1 aromatic heterocycles. The number of methoxy groups -OCH3 is 1. The van der Waals surface area contributed by atoms with Crippen LogP contribution >= 0.6 is 0 Å². The molecule has 0 aliphatic carbocycles. The largest absolute Gasteiger partial charge is 0.497 e. The molecule has 2 N–H and O–H groups in total. The van der Waals surface area contributed by atoms with E-state index >= 15 is 0 Å². The number of amides is 1. The summed E-state index contributed by atoms with van der Waals surface area (Å²) in [7, 11) is 1.59. The van der Waals surface area contributed by atoms with Crippen LogP contribution < -0.4 is 15.4 Å². The lowest BCUT2D eigenvalue weighted by Gasteiger charge is -2.02. The first-order valence-corrected chi connectivity index (χ1v) is 6.71. The molecule has 1 aromatic carbocycles. The van der Waals surface area contributed by atoms with Crippen molar-refractivity contribution < 1.29 is 14.1 Å². The summed E-state index contributed by atoms with van der Waals surface area (Å²) in [6.45, 7) is 2.74. The molecule has 112 valence electrons. The summed E-state index contributed by atoms with van der Waals surface area (Å²) in [5.74, 6) is 1.04. The van der Waals surface area contributed by atoms with Crippen molar-refractivity contribution in [3.63, 3.8) is 0 Å². The molecular formula is C14H18N4O3. The number of hydrogen-bond donors (Lipinski definition) is 2. The summed E-state index contributed by atoms with van der Waals surface area (Å²) in [5.41, 5.74) is 0.779. The van der Waals surface area contributed by atoms with E-state index in [1.807, 2.05) is 31.2 Å². The van der Waals surface area contributed by atoms with Crippen molar-refractivity contribution in [2.45, 2.75) is 13.3 Å². The number of carbonyl (C=O) groups excluding carboxylic acids is 1. The highest BCUT2D eigenvalue weighted by Crippen LogP contribution is 2.22. The third kappa shape index (κ3) is 4.20. The van der Waals surface area contributed by atoms with Crippen molar-refractivity contribution in [2.75, 3.05) is 25.5 Å². The zero-order valence-corrected chi connectivity index (χ0v) is 12.0. The Labute approximate surface area is 122 Å². The average Bonchev–Trinajstić information content (AvgIpc) is 3.00. The molecule has 0 bridgehead atoms. The van der Waals surface area contributed by atoms with Gasteiger partial charge in [-0.05, 0) is 18.6 Å². The monoisotopic (exact) mass is 290 g/mol. The van der Waals surface area contributed by atoms with Gasteiger partial charge in [-0.2, -0.15) is 4.98 Å². The quantitative estimate of drug-likeness (QED) is 0.806. The van der Waals surface area contributed by atoms with Gasteiger partial charge in [0.05, 0.1) is 13.7 Å². The van der Waals surface area contributed by atoms with E-state index in [0.717, 1.165) is 12.0 Å². The van der Waals surface area contributed by atoms with Crippen LogP contribution in [0, 0.1) is 0 Å². The molecule has 1 amide bonds.